The molecule has 0 radical (unpaired) electrons. The summed E-state index contributed by atoms with van der Waals surface area (Å²) < 4.78 is 27.0. The maximum Gasteiger partial charge on any atom is 0.283 e. The van der Waals surface area contributed by atoms with Crippen LogP contribution < -0.4 is 15.6 Å². The molecule has 0 aliphatic carbocycles. The Labute approximate surface area is 124 Å². The van der Waals surface area contributed by atoms with Crippen LogP contribution in [0.1, 0.15) is 12.5 Å². The molecule has 6 nitrogen and oxygen atoms in total. The van der Waals surface area contributed by atoms with Crippen molar-refractivity contribution in [2.75, 3.05) is 16.3 Å². The summed E-state index contributed by atoms with van der Waals surface area (Å²) in [5.74, 6) is 5.38. The Morgan fingerprint density at radius 1 is 1.29 bits per heavy atom. The fraction of sp³-hybridized carbons (Fsp3) is 0.214. The molecule has 0 aliphatic heterocycles. The molecule has 0 bridgehead atoms. The quantitative estimate of drug-likeness (QED) is 0.650. The summed E-state index contributed by atoms with van der Waals surface area (Å²) in [6.45, 7) is 3.99. The van der Waals surface area contributed by atoms with Gasteiger partial charge in [0.25, 0.3) is 10.0 Å². The smallest absolute Gasteiger partial charge is 0.283 e. The molecular formula is C14H18N4O2S. The lowest BCUT2D eigenvalue weighted by molar-refractivity contribution is 0.588. The Bertz CT molecular complexity index is 731. The molecule has 0 aliphatic rings. The molecule has 0 atom stereocenters. The van der Waals surface area contributed by atoms with Crippen LogP contribution in [0.2, 0.25) is 0 Å². The van der Waals surface area contributed by atoms with Crippen molar-refractivity contribution in [1.29, 1.82) is 0 Å². The molecule has 0 unspecified atom stereocenters. The highest BCUT2D eigenvalue weighted by Gasteiger charge is 2.27. The second kappa shape index (κ2) is 6.11. The van der Waals surface area contributed by atoms with E-state index in [0.29, 0.717) is 12.2 Å². The predicted molar refractivity (Wildman–Crippen MR) is 83.4 cm³/mol. The molecule has 0 spiro atoms. The Balaban J connectivity index is 2.55. The van der Waals surface area contributed by atoms with Crippen LogP contribution in [0.5, 0.6) is 0 Å². The third kappa shape index (κ3) is 2.98. The molecule has 3 N–H and O–H groups in total. The van der Waals surface area contributed by atoms with E-state index in [0.717, 1.165) is 5.56 Å². The van der Waals surface area contributed by atoms with Gasteiger partial charge in [0.2, 0.25) is 5.03 Å². The van der Waals surface area contributed by atoms with E-state index in [-0.39, 0.29) is 10.7 Å². The summed E-state index contributed by atoms with van der Waals surface area (Å²) in [6, 6.07) is 10.5. The fourth-order valence-corrected chi connectivity index (χ4v) is 3.62. The van der Waals surface area contributed by atoms with Crippen LogP contribution in [0.4, 0.5) is 11.4 Å². The van der Waals surface area contributed by atoms with Crippen molar-refractivity contribution in [3.05, 3.63) is 48.2 Å². The van der Waals surface area contributed by atoms with E-state index in [2.05, 4.69) is 10.4 Å². The number of sulfonamides is 1. The Morgan fingerprint density at radius 2 is 2.05 bits per heavy atom. The summed E-state index contributed by atoms with van der Waals surface area (Å²) in [4.78, 5) is 3.97. The minimum absolute atomic E-state index is 0.0872. The lowest BCUT2D eigenvalue weighted by atomic mass is 10.2. The van der Waals surface area contributed by atoms with E-state index in [1.165, 1.54) is 10.5 Å². The average Bonchev–Trinajstić information content (AvgIpc) is 2.47. The van der Waals surface area contributed by atoms with Crippen LogP contribution in [0.3, 0.4) is 0 Å². The van der Waals surface area contributed by atoms with Crippen LogP contribution in [-0.4, -0.2) is 19.9 Å². The van der Waals surface area contributed by atoms with Gasteiger partial charge in [0.1, 0.15) is 0 Å². The highest BCUT2D eigenvalue weighted by Crippen LogP contribution is 2.26. The zero-order chi connectivity index (χ0) is 15.5. The molecule has 2 aromatic rings. The van der Waals surface area contributed by atoms with Crippen molar-refractivity contribution in [2.45, 2.75) is 18.9 Å². The molecule has 1 heterocycles. The monoisotopic (exact) mass is 306 g/mol. The molecule has 112 valence electrons. The SMILES string of the molecule is CCN(c1cccc(C)c1)S(=O)(=O)c1ncccc1NN. The maximum atomic E-state index is 12.8. The average molecular weight is 306 g/mol. The van der Waals surface area contributed by atoms with Crippen LogP contribution in [-0.2, 0) is 10.0 Å². The number of anilines is 2. The van der Waals surface area contributed by atoms with Crippen LogP contribution >= 0.6 is 0 Å². The highest BCUT2D eigenvalue weighted by molar-refractivity contribution is 7.92. The summed E-state index contributed by atoms with van der Waals surface area (Å²) in [5, 5.41) is -0.0872. The van der Waals surface area contributed by atoms with Crippen molar-refractivity contribution in [1.82, 2.24) is 4.98 Å². The van der Waals surface area contributed by atoms with Gasteiger partial charge in [0, 0.05) is 12.7 Å². The number of hydrogen-bond donors (Lipinski definition) is 2. The largest absolute Gasteiger partial charge is 0.321 e. The lowest BCUT2D eigenvalue weighted by Gasteiger charge is -2.23. The highest BCUT2D eigenvalue weighted by atomic mass is 32.2. The summed E-state index contributed by atoms with van der Waals surface area (Å²) in [7, 11) is -3.78. The Hall–Kier alpha value is -2.12. The van der Waals surface area contributed by atoms with Gasteiger partial charge < -0.3 is 5.43 Å². The molecule has 1 aromatic heterocycles. The summed E-state index contributed by atoms with van der Waals surface area (Å²) in [5.41, 5.74) is 4.23. The van der Waals surface area contributed by atoms with E-state index in [1.807, 2.05) is 25.1 Å². The van der Waals surface area contributed by atoms with Crippen molar-refractivity contribution in [2.24, 2.45) is 5.84 Å². The first kappa shape index (κ1) is 15.3. The normalized spacial score (nSPS) is 11.2. The number of pyridine rings is 1. The second-order valence-corrected chi connectivity index (χ2v) is 6.29. The third-order valence-electron chi connectivity index (χ3n) is 3.04. The van der Waals surface area contributed by atoms with E-state index >= 15 is 0 Å². The van der Waals surface area contributed by atoms with Crippen LogP contribution in [0.15, 0.2) is 47.6 Å². The van der Waals surface area contributed by atoms with Crippen LogP contribution in [0.25, 0.3) is 0 Å². The van der Waals surface area contributed by atoms with Crippen LogP contribution in [0, 0.1) is 6.92 Å². The van der Waals surface area contributed by atoms with Crippen molar-refractivity contribution in [3.8, 4) is 0 Å². The molecule has 21 heavy (non-hydrogen) atoms. The Morgan fingerprint density at radius 3 is 2.67 bits per heavy atom. The number of nitrogens with zero attached hydrogens (tertiary/aromatic N) is 2. The Kier molecular flexibility index (Phi) is 4.44. The van der Waals surface area contributed by atoms with Gasteiger partial charge in [-0.1, -0.05) is 12.1 Å². The van der Waals surface area contributed by atoms with Crippen molar-refractivity contribution < 1.29 is 8.42 Å². The standard InChI is InChI=1S/C14H18N4O2S/c1-3-18(12-7-4-6-11(2)10-12)21(19,20)14-13(17-15)8-5-9-16-14/h4-10,17H,3,15H2,1-2H3. The number of nitrogens with one attached hydrogen (secondary N) is 1. The second-order valence-electron chi connectivity index (χ2n) is 4.51. The van der Waals surface area contributed by atoms with E-state index < -0.39 is 10.0 Å². The lowest BCUT2D eigenvalue weighted by Crippen LogP contribution is -2.32. The van der Waals surface area contributed by atoms with Gasteiger partial charge in [-0.25, -0.2) is 4.98 Å². The van der Waals surface area contributed by atoms with Gasteiger partial charge in [0.15, 0.2) is 0 Å². The predicted octanol–water partition coefficient (Wildman–Crippen LogP) is 1.89. The zero-order valence-corrected chi connectivity index (χ0v) is 12.8. The number of aromatic nitrogens is 1. The van der Waals surface area contributed by atoms with Crippen molar-refractivity contribution >= 4 is 21.4 Å². The van der Waals surface area contributed by atoms with Gasteiger partial charge in [-0.3, -0.25) is 10.1 Å². The molecule has 0 fully saturated rings. The van der Waals surface area contributed by atoms with Gasteiger partial charge in [-0.15, -0.1) is 0 Å². The number of hydrazine groups is 1. The molecule has 0 saturated heterocycles. The van der Waals surface area contributed by atoms with Gasteiger partial charge in [-0.2, -0.15) is 8.42 Å². The first-order chi connectivity index (χ1) is 10.0. The number of nitrogen functional groups attached to an aromatic ring is 1. The first-order valence-electron chi connectivity index (χ1n) is 6.51. The van der Waals surface area contributed by atoms with Gasteiger partial charge in [0.05, 0.1) is 11.4 Å². The van der Waals surface area contributed by atoms with E-state index in [1.54, 1.807) is 25.1 Å². The first-order valence-corrected chi connectivity index (χ1v) is 7.95. The molecular weight excluding hydrogens is 288 g/mol. The number of hydrogen-bond acceptors (Lipinski definition) is 5. The number of nitrogens with two attached hydrogens (primary N) is 1. The molecule has 1 aromatic carbocycles. The topological polar surface area (TPSA) is 88.3 Å². The van der Waals surface area contributed by atoms with Gasteiger partial charge >= 0.3 is 0 Å². The van der Waals surface area contributed by atoms with Crippen molar-refractivity contribution in [3.63, 3.8) is 0 Å². The molecule has 0 saturated carbocycles. The molecule has 0 amide bonds. The molecule has 2 rings (SSSR count). The van der Waals surface area contributed by atoms with E-state index in [4.69, 9.17) is 5.84 Å². The number of aryl methyl sites for hydroxylation is 1. The number of rotatable bonds is 5. The summed E-state index contributed by atoms with van der Waals surface area (Å²) >= 11 is 0. The third-order valence-corrected chi connectivity index (χ3v) is 4.90. The van der Waals surface area contributed by atoms with Gasteiger partial charge in [-0.05, 0) is 43.7 Å². The summed E-state index contributed by atoms with van der Waals surface area (Å²) in [6.07, 6.45) is 1.43. The molecule has 7 heteroatoms. The maximum absolute atomic E-state index is 12.8. The zero-order valence-electron chi connectivity index (χ0n) is 11.9. The fourth-order valence-electron chi connectivity index (χ4n) is 2.09. The minimum atomic E-state index is -3.78. The minimum Gasteiger partial charge on any atom is -0.321 e. The van der Waals surface area contributed by atoms with E-state index in [9.17, 15) is 8.42 Å². The number of benzene rings is 1.